The Bertz CT molecular complexity index is 3920. The highest BCUT2D eigenvalue weighted by molar-refractivity contribution is 6.08. The van der Waals surface area contributed by atoms with Gasteiger partial charge in [0.1, 0.15) is 37.4 Å². The van der Waals surface area contributed by atoms with Gasteiger partial charge in [0.15, 0.2) is 35.5 Å². The van der Waals surface area contributed by atoms with E-state index in [0.29, 0.717) is 52.9 Å². The van der Waals surface area contributed by atoms with Gasteiger partial charge in [0.25, 0.3) is 23.6 Å². The number of amides is 12. The topological polar surface area (TPSA) is 428 Å². The minimum absolute atomic E-state index is 0.0121. The Morgan fingerprint density at radius 1 is 0.468 bits per heavy atom. The molecule has 7 aliphatic rings. The van der Waals surface area contributed by atoms with Crippen molar-refractivity contribution in [3.8, 4) is 34.8 Å². The highest BCUT2D eigenvalue weighted by Gasteiger charge is 2.48. The maximum absolute atomic E-state index is 14.3. The van der Waals surface area contributed by atoms with Gasteiger partial charge in [-0.2, -0.15) is 0 Å². The van der Waals surface area contributed by atoms with Crippen LogP contribution in [0.3, 0.4) is 0 Å². The number of hydrogen-bond acceptors (Lipinski definition) is 22. The minimum atomic E-state index is -1.60. The number of hydrogen-bond donors (Lipinski definition) is 10. The van der Waals surface area contributed by atoms with Crippen LogP contribution in [-0.4, -0.2) is 220 Å². The zero-order chi connectivity index (χ0) is 78.6. The van der Waals surface area contributed by atoms with E-state index >= 15 is 0 Å². The van der Waals surface area contributed by atoms with Crippen molar-refractivity contribution in [3.05, 3.63) is 119 Å². The van der Waals surface area contributed by atoms with E-state index in [1.54, 1.807) is 48.5 Å². The molecule has 0 spiro atoms. The van der Waals surface area contributed by atoms with E-state index in [2.05, 4.69) is 67.5 Å². The van der Waals surface area contributed by atoms with Crippen LogP contribution in [-0.2, 0) is 70.5 Å². The van der Waals surface area contributed by atoms with Gasteiger partial charge in [-0.15, -0.1) is 0 Å². The van der Waals surface area contributed by atoms with Crippen LogP contribution in [0.1, 0.15) is 104 Å². The number of aliphatic hydroxyl groups is 2. The Morgan fingerprint density at radius 2 is 0.844 bits per heavy atom. The normalized spacial score (nSPS) is 23.9. The second-order valence-corrected chi connectivity index (χ2v) is 26.3. The lowest BCUT2D eigenvalue weighted by atomic mass is 10.1. The third-order valence-corrected chi connectivity index (χ3v) is 18.1. The average molecular weight is 1510 g/mol. The number of carbonyl (C=O) groups is 12. The number of anilines is 4. The van der Waals surface area contributed by atoms with Gasteiger partial charge in [0.2, 0.25) is 35.4 Å². The minimum Gasteiger partial charge on any atom is -0.493 e. The third kappa shape index (κ3) is 21.5. The van der Waals surface area contributed by atoms with E-state index in [1.807, 2.05) is 0 Å². The molecule has 8 atom stereocenters. The van der Waals surface area contributed by atoms with Gasteiger partial charge in [-0.05, 0) is 107 Å². The molecule has 7 heterocycles. The van der Waals surface area contributed by atoms with Crippen LogP contribution in [0.4, 0.5) is 32.3 Å². The van der Waals surface area contributed by atoms with Crippen LogP contribution >= 0.6 is 0 Å². The molecule has 4 unspecified atom stereocenters. The summed E-state index contributed by atoms with van der Waals surface area (Å²) in [7, 11) is 2.78. The predicted molar refractivity (Wildman–Crippen MR) is 391 cm³/mol. The summed E-state index contributed by atoms with van der Waals surface area (Å²) in [6.07, 6.45) is -3.73. The lowest BCUT2D eigenvalue weighted by Crippen LogP contribution is -2.50. The van der Waals surface area contributed by atoms with Crippen molar-refractivity contribution in [3.63, 3.8) is 0 Å². The summed E-state index contributed by atoms with van der Waals surface area (Å²) in [6, 6.07) is 12.2. The van der Waals surface area contributed by atoms with Crippen LogP contribution in [0.5, 0.6) is 23.0 Å². The maximum Gasteiger partial charge on any atom is 0.416 e. The highest BCUT2D eigenvalue weighted by atomic mass is 16.6. The molecule has 2 fully saturated rings. The van der Waals surface area contributed by atoms with Crippen LogP contribution in [0.2, 0.25) is 0 Å². The summed E-state index contributed by atoms with van der Waals surface area (Å²) in [5.41, 5.74) is 2.92. The Balaban J connectivity index is 0.860. The Morgan fingerprint density at radius 3 is 1.22 bits per heavy atom. The first-order valence-corrected chi connectivity index (χ1v) is 35.4. The number of carbonyl (C=O) groups excluding carboxylic acids is 12. The predicted octanol–water partition coefficient (Wildman–Crippen LogP) is 2.78. The molecule has 8 bridgehead atoms. The Kier molecular flexibility index (Phi) is 28.4. The number of aliphatic hydroxyl groups excluding tert-OH is 2. The smallest absolute Gasteiger partial charge is 0.416 e. The van der Waals surface area contributed by atoms with E-state index in [-0.39, 0.29) is 150 Å². The molecule has 34 heteroatoms. The van der Waals surface area contributed by atoms with Crippen LogP contribution < -0.4 is 71.3 Å². The van der Waals surface area contributed by atoms with Gasteiger partial charge in [-0.3, -0.25) is 47.9 Å². The SMILES string of the molecule is C=C1C[C@H]2[C@H](O)N3C(=O)OCc4ccc(cc4)NC(=O)C(C)NC(=O)C(C)NC(=O)CCOCCNC(=O)C#CC(=O)NCCOCCC(=O)NC(C)C(=O)NC(C)C(=O)Nc4ccc(cc4)COC(=O)N4c5cc(c(OC)cc5C(=O)N5CC(=C)C[C@H]5[C@@H]4O)OCCCCCOc4cc3c(cc4OC)C(=O)N2C1. The van der Waals surface area contributed by atoms with Crippen LogP contribution in [0.15, 0.2) is 97.1 Å². The lowest BCUT2D eigenvalue weighted by molar-refractivity contribution is -0.130. The molecule has 7 aliphatic heterocycles. The molecule has 12 amide bonds. The fraction of sp³-hybridized carbons (Fsp3) is 0.440. The number of fused-ring (bicyclic) bond motifs is 4. The molecule has 11 rings (SSSR count). The fourth-order valence-electron chi connectivity index (χ4n) is 12.2. The molecule has 0 radical (unpaired) electrons. The molecule has 2 saturated heterocycles. The van der Waals surface area contributed by atoms with Gasteiger partial charge in [-0.1, -0.05) is 48.6 Å². The molecule has 0 aliphatic carbocycles. The summed E-state index contributed by atoms with van der Waals surface area (Å²) in [4.78, 5) is 164. The number of ether oxygens (including phenoxy) is 8. The maximum atomic E-state index is 14.3. The van der Waals surface area contributed by atoms with Gasteiger partial charge in [0.05, 0.1) is 88.4 Å². The second-order valence-electron chi connectivity index (χ2n) is 26.3. The molecule has 0 saturated carbocycles. The number of benzene rings is 4. The first-order valence-electron chi connectivity index (χ1n) is 35.4. The van der Waals surface area contributed by atoms with Gasteiger partial charge in [-0.25, -0.2) is 19.4 Å². The van der Waals surface area contributed by atoms with E-state index in [4.69, 9.17) is 37.9 Å². The van der Waals surface area contributed by atoms with Crippen molar-refractivity contribution in [1.82, 2.24) is 41.7 Å². The van der Waals surface area contributed by atoms with Crippen molar-refractivity contribution in [1.29, 1.82) is 0 Å². The molecule has 109 heavy (non-hydrogen) atoms. The summed E-state index contributed by atoms with van der Waals surface area (Å²) in [5, 5.41) is 44.5. The molecule has 10 N–H and O–H groups in total. The van der Waals surface area contributed by atoms with Gasteiger partial charge < -0.3 is 100 Å². The molecular weight excluding hydrogens is 1420 g/mol. The molecule has 0 aromatic heterocycles. The van der Waals surface area contributed by atoms with E-state index in [0.717, 1.165) is 9.80 Å². The highest BCUT2D eigenvalue weighted by Crippen LogP contribution is 2.44. The summed E-state index contributed by atoms with van der Waals surface area (Å²) < 4.78 is 46.3. The van der Waals surface area contributed by atoms with Crippen molar-refractivity contribution < 1.29 is 106 Å². The van der Waals surface area contributed by atoms with Crippen molar-refractivity contribution in [2.75, 3.05) is 100 Å². The average Bonchev–Trinajstić information content (AvgIpc) is 1.62. The second kappa shape index (κ2) is 38.1. The first-order chi connectivity index (χ1) is 52.2. The van der Waals surface area contributed by atoms with E-state index < -0.39 is 120 Å². The number of rotatable bonds is 2. The van der Waals surface area contributed by atoms with Crippen LogP contribution in [0.25, 0.3) is 0 Å². The Labute approximate surface area is 628 Å². The summed E-state index contributed by atoms with van der Waals surface area (Å²) in [6.45, 7) is 13.4. The summed E-state index contributed by atoms with van der Waals surface area (Å²) in [5.74, 6) is -1.26. The molecule has 4 aromatic rings. The van der Waals surface area contributed by atoms with E-state index in [9.17, 15) is 67.7 Å². The third-order valence-electron chi connectivity index (χ3n) is 18.1. The number of nitrogens with zero attached hydrogens (tertiary/aromatic N) is 4. The lowest BCUT2D eigenvalue weighted by Gasteiger charge is -2.31. The molecule has 582 valence electrons. The fourth-order valence-corrected chi connectivity index (χ4v) is 12.2. The molecular formula is C75H90N12O22. The van der Waals surface area contributed by atoms with Crippen molar-refractivity contribution in [2.45, 2.75) is 135 Å². The van der Waals surface area contributed by atoms with Crippen molar-refractivity contribution in [2.24, 2.45) is 0 Å². The first kappa shape index (κ1) is 81.3. The number of methoxy groups -OCH3 is 2. The number of nitrogens with one attached hydrogen (secondary N) is 8. The zero-order valence-corrected chi connectivity index (χ0v) is 61.2. The largest absolute Gasteiger partial charge is 0.493 e. The zero-order valence-electron chi connectivity index (χ0n) is 61.2. The molecule has 34 nitrogen and oxygen atoms in total. The van der Waals surface area contributed by atoms with Gasteiger partial charge in [0, 0.05) is 74.4 Å². The molecule has 4 aromatic carbocycles. The standard InChI is InChI=1S/C75H90N12O22/c1-42-32-56-72(98)86-54-36-60(58(102-7)34-52(54)70(96)84(56)38-42)106-26-10-9-11-27-107-61-37-55-53(35-59(61)103-8)71(97)85-39-43(2)33-57(85)73(99)87(55)75(101)109-41-49-14-18-51(19-15-49)83-69(95)47(6)81-67(93)45(4)79-65(91)23-29-105-31-25-77-63(89)21-20-62(88)76-24-30-104-28-22-64(90)78-44(3)66(92)80-46(5)68(94)82-50-16-12-48(13-17-50)40-108-74(86)100/h12-19,34-37,44-47,56-57,72-73,98-99H,1-2,9-11,22-33,38-41H2,3-8H3,(H,76,88)(H,77,89)(H,78,90)(H,79,91)(H,80,92)(H,81,93)(H,82,94)(H,83,95)/t44?,45?,46?,47?,56-,57-,72-,73-/m0/s1. The van der Waals surface area contributed by atoms with E-state index in [1.165, 1.54) is 76.0 Å². The Hall–Kier alpha value is -11.8. The van der Waals surface area contributed by atoms with Crippen LogP contribution in [0, 0.1) is 11.8 Å². The summed E-state index contributed by atoms with van der Waals surface area (Å²) >= 11 is 0. The monoisotopic (exact) mass is 1510 g/mol. The van der Waals surface area contributed by atoms with Crippen molar-refractivity contribution >= 4 is 94.0 Å². The van der Waals surface area contributed by atoms with Gasteiger partial charge >= 0.3 is 12.2 Å². The quantitative estimate of drug-likeness (QED) is 0.102.